The van der Waals surface area contributed by atoms with Gasteiger partial charge in [0.1, 0.15) is 0 Å². The Balaban J connectivity index is 1.21. The van der Waals surface area contributed by atoms with Crippen LogP contribution in [0.25, 0.3) is 72.3 Å². The van der Waals surface area contributed by atoms with Gasteiger partial charge in [-0.3, -0.25) is 0 Å². The standard InChI is InChI=1S/C44H27N3/c1-2-15-34-33(14-1)40(46-39-25-28-20-19-26-10-9-23-45-41(26)42(28)47-43(34)39)27-21-22-32-31-13-5-8-18-37(31)44(38(32)24-27)35-16-6-3-11-29(35)30-12-4-7-17-36(30)44/h1-22,24-25,45H,23H2. The minimum atomic E-state index is -0.389. The summed E-state index contributed by atoms with van der Waals surface area (Å²) in [6, 6.07) is 49.1. The normalized spacial score (nSPS) is 14.6. The van der Waals surface area contributed by atoms with E-state index in [4.69, 9.17) is 9.97 Å². The van der Waals surface area contributed by atoms with Gasteiger partial charge in [0, 0.05) is 28.3 Å². The molecule has 47 heavy (non-hydrogen) atoms. The largest absolute Gasteiger partial charge is 0.379 e. The summed E-state index contributed by atoms with van der Waals surface area (Å²) in [4.78, 5) is 10.7. The highest BCUT2D eigenvalue weighted by atomic mass is 14.9. The SMILES string of the molecule is C1=Cc2ccc3cc4nc(-c5ccc6c(c5)C5(c7ccccc7-c7ccccc75)c5ccccc5-6)c5ccccc5c4nc3c2NC1. The lowest BCUT2D eigenvalue weighted by atomic mass is 9.70. The molecule has 3 nitrogen and oxygen atoms in total. The van der Waals surface area contributed by atoms with E-state index < -0.39 is 0 Å². The number of hydrogen-bond acceptors (Lipinski definition) is 3. The Morgan fingerprint density at radius 2 is 1.17 bits per heavy atom. The minimum absolute atomic E-state index is 0.389. The number of hydrogen-bond donors (Lipinski definition) is 1. The molecule has 11 rings (SSSR count). The van der Waals surface area contributed by atoms with Crippen LogP contribution in [0, 0.1) is 0 Å². The summed E-state index contributed by atoms with van der Waals surface area (Å²) < 4.78 is 0. The van der Waals surface area contributed by atoms with Crippen LogP contribution in [-0.2, 0) is 5.41 Å². The molecule has 3 aliphatic rings. The first-order valence-electron chi connectivity index (χ1n) is 16.3. The van der Waals surface area contributed by atoms with Crippen LogP contribution < -0.4 is 5.32 Å². The molecule has 6 aromatic carbocycles. The summed E-state index contributed by atoms with van der Waals surface area (Å²) >= 11 is 0. The second-order valence-corrected chi connectivity index (χ2v) is 12.9. The highest BCUT2D eigenvalue weighted by Gasteiger charge is 2.51. The van der Waals surface area contributed by atoms with Gasteiger partial charge in [-0.05, 0) is 62.2 Å². The fraction of sp³-hybridized carbons (Fsp3) is 0.0455. The molecule has 0 amide bonds. The zero-order valence-corrected chi connectivity index (χ0v) is 25.5. The van der Waals surface area contributed by atoms with Gasteiger partial charge >= 0.3 is 0 Å². The molecule has 2 aromatic heterocycles. The maximum absolute atomic E-state index is 5.42. The minimum Gasteiger partial charge on any atom is -0.379 e. The zero-order chi connectivity index (χ0) is 30.7. The Morgan fingerprint density at radius 3 is 1.89 bits per heavy atom. The Bertz CT molecular complexity index is 2640. The van der Waals surface area contributed by atoms with Crippen molar-refractivity contribution in [2.24, 2.45) is 0 Å². The highest BCUT2D eigenvalue weighted by Crippen LogP contribution is 2.63. The van der Waals surface area contributed by atoms with Crippen LogP contribution in [-0.4, -0.2) is 16.5 Å². The van der Waals surface area contributed by atoms with Gasteiger partial charge in [-0.15, -0.1) is 0 Å². The number of rotatable bonds is 1. The van der Waals surface area contributed by atoms with Gasteiger partial charge in [0.05, 0.1) is 33.3 Å². The van der Waals surface area contributed by atoms with E-state index in [-0.39, 0.29) is 5.41 Å². The average Bonchev–Trinajstić information content (AvgIpc) is 3.61. The molecule has 218 valence electrons. The molecule has 1 N–H and O–H groups in total. The number of pyridine rings is 2. The maximum Gasteiger partial charge on any atom is 0.0974 e. The van der Waals surface area contributed by atoms with Gasteiger partial charge in [-0.1, -0.05) is 133 Å². The summed E-state index contributed by atoms with van der Waals surface area (Å²) in [5.41, 5.74) is 17.4. The topological polar surface area (TPSA) is 37.8 Å². The molecular weight excluding hydrogens is 571 g/mol. The molecule has 0 atom stereocenters. The smallest absolute Gasteiger partial charge is 0.0974 e. The van der Waals surface area contributed by atoms with Gasteiger partial charge < -0.3 is 5.32 Å². The van der Waals surface area contributed by atoms with Crippen LogP contribution in [0.15, 0.2) is 140 Å². The van der Waals surface area contributed by atoms with E-state index in [0.717, 1.165) is 56.2 Å². The second kappa shape index (κ2) is 9.02. The van der Waals surface area contributed by atoms with Crippen LogP contribution in [0.3, 0.4) is 0 Å². The number of nitrogens with zero attached hydrogens (tertiary/aromatic N) is 2. The fourth-order valence-corrected chi connectivity index (χ4v) is 8.74. The third kappa shape index (κ3) is 3.16. The van der Waals surface area contributed by atoms with Gasteiger partial charge in [0.2, 0.25) is 0 Å². The zero-order valence-electron chi connectivity index (χ0n) is 25.5. The Labute approximate surface area is 271 Å². The number of benzene rings is 6. The molecule has 0 bridgehead atoms. The first-order valence-corrected chi connectivity index (χ1v) is 16.3. The van der Waals surface area contributed by atoms with Crippen molar-refractivity contribution in [1.29, 1.82) is 0 Å². The monoisotopic (exact) mass is 597 g/mol. The number of nitrogens with one attached hydrogen (secondary N) is 1. The summed E-state index contributed by atoms with van der Waals surface area (Å²) in [6.45, 7) is 0.808. The van der Waals surface area contributed by atoms with Crippen molar-refractivity contribution < 1.29 is 0 Å². The van der Waals surface area contributed by atoms with Crippen molar-refractivity contribution in [2.75, 3.05) is 11.9 Å². The highest BCUT2D eigenvalue weighted by molar-refractivity contribution is 6.13. The summed E-state index contributed by atoms with van der Waals surface area (Å²) in [5.74, 6) is 0. The van der Waals surface area contributed by atoms with Crippen molar-refractivity contribution in [1.82, 2.24) is 9.97 Å². The van der Waals surface area contributed by atoms with Crippen LogP contribution in [0.4, 0.5) is 5.69 Å². The first-order chi connectivity index (χ1) is 23.3. The molecule has 0 fully saturated rings. The lowest BCUT2D eigenvalue weighted by Crippen LogP contribution is -2.25. The Hall–Kier alpha value is -6.06. The van der Waals surface area contributed by atoms with E-state index >= 15 is 0 Å². The molecule has 3 heterocycles. The van der Waals surface area contributed by atoms with Gasteiger partial charge in [-0.25, -0.2) is 9.97 Å². The van der Waals surface area contributed by atoms with E-state index in [1.54, 1.807) is 0 Å². The molecule has 1 aliphatic heterocycles. The van der Waals surface area contributed by atoms with Crippen molar-refractivity contribution in [2.45, 2.75) is 5.41 Å². The molecule has 0 unspecified atom stereocenters. The quantitative estimate of drug-likeness (QED) is 0.151. The summed E-state index contributed by atoms with van der Waals surface area (Å²) in [7, 11) is 0. The van der Waals surface area contributed by atoms with E-state index in [0.29, 0.717) is 0 Å². The molecule has 0 saturated heterocycles. The molecular formula is C44H27N3. The van der Waals surface area contributed by atoms with E-state index in [9.17, 15) is 0 Å². The molecule has 3 heteroatoms. The molecule has 0 saturated carbocycles. The van der Waals surface area contributed by atoms with Crippen LogP contribution in [0.1, 0.15) is 27.8 Å². The molecule has 2 aliphatic carbocycles. The van der Waals surface area contributed by atoms with Gasteiger partial charge in [0.15, 0.2) is 0 Å². The number of aromatic nitrogens is 2. The molecule has 0 radical (unpaired) electrons. The number of anilines is 1. The fourth-order valence-electron chi connectivity index (χ4n) is 8.74. The average molecular weight is 598 g/mol. The maximum atomic E-state index is 5.42. The lowest BCUT2D eigenvalue weighted by molar-refractivity contribution is 0.794. The van der Waals surface area contributed by atoms with E-state index in [1.165, 1.54) is 50.1 Å². The van der Waals surface area contributed by atoms with Gasteiger partial charge in [-0.2, -0.15) is 0 Å². The summed E-state index contributed by atoms with van der Waals surface area (Å²) in [5, 5.41) is 6.88. The lowest BCUT2D eigenvalue weighted by Gasteiger charge is -2.30. The third-order valence-electron chi connectivity index (χ3n) is 10.6. The van der Waals surface area contributed by atoms with E-state index in [2.05, 4.69) is 151 Å². The second-order valence-electron chi connectivity index (χ2n) is 12.9. The third-order valence-corrected chi connectivity index (χ3v) is 10.6. The van der Waals surface area contributed by atoms with Crippen LogP contribution >= 0.6 is 0 Å². The van der Waals surface area contributed by atoms with Crippen molar-refractivity contribution in [3.63, 3.8) is 0 Å². The first kappa shape index (κ1) is 25.2. The number of fused-ring (bicyclic) bond motifs is 16. The molecule has 8 aromatic rings. The van der Waals surface area contributed by atoms with Crippen LogP contribution in [0.5, 0.6) is 0 Å². The van der Waals surface area contributed by atoms with Crippen LogP contribution in [0.2, 0.25) is 0 Å². The summed E-state index contributed by atoms with van der Waals surface area (Å²) in [6.07, 6.45) is 4.33. The van der Waals surface area contributed by atoms with E-state index in [1.807, 2.05) is 0 Å². The van der Waals surface area contributed by atoms with Crippen molar-refractivity contribution in [3.8, 4) is 33.5 Å². The van der Waals surface area contributed by atoms with Crippen molar-refractivity contribution in [3.05, 3.63) is 167 Å². The molecule has 1 spiro atoms. The predicted molar refractivity (Wildman–Crippen MR) is 194 cm³/mol. The van der Waals surface area contributed by atoms with Crippen molar-refractivity contribution >= 4 is 44.5 Å². The Kier molecular flexibility index (Phi) is 4.83. The van der Waals surface area contributed by atoms with Gasteiger partial charge in [0.25, 0.3) is 0 Å². The Morgan fingerprint density at radius 1 is 0.532 bits per heavy atom. The predicted octanol–water partition coefficient (Wildman–Crippen LogP) is 10.4.